The highest BCUT2D eigenvalue weighted by molar-refractivity contribution is 7.92. The molecule has 12 heteroatoms. The first kappa shape index (κ1) is 49.0. The van der Waals surface area contributed by atoms with Gasteiger partial charge in [0.15, 0.2) is 19.7 Å². The van der Waals surface area contributed by atoms with Crippen molar-refractivity contribution < 1.29 is 40.8 Å². The molecule has 0 bridgehead atoms. The van der Waals surface area contributed by atoms with Crippen LogP contribution < -0.4 is 0 Å². The lowest BCUT2D eigenvalue weighted by Crippen LogP contribution is -2.30. The highest BCUT2D eigenvalue weighted by Gasteiger charge is 2.32. The van der Waals surface area contributed by atoms with Gasteiger partial charge in [-0.15, -0.1) is 0 Å². The van der Waals surface area contributed by atoms with Crippen LogP contribution in [-0.4, -0.2) is 87.9 Å². The molecular formula is C46H69NO9S2. The van der Waals surface area contributed by atoms with E-state index in [9.17, 15) is 36.0 Å². The Kier molecular flexibility index (Phi) is 19.8. The number of carbonyl (C=O) groups is 4. The molecule has 324 valence electrons. The summed E-state index contributed by atoms with van der Waals surface area (Å²) in [6.45, 7) is 9.51. The van der Waals surface area contributed by atoms with Crippen LogP contribution in [0.1, 0.15) is 121 Å². The van der Waals surface area contributed by atoms with E-state index < -0.39 is 19.7 Å². The Labute approximate surface area is 349 Å². The van der Waals surface area contributed by atoms with Crippen molar-refractivity contribution in [1.82, 2.24) is 4.90 Å². The highest BCUT2D eigenvalue weighted by Crippen LogP contribution is 2.33. The summed E-state index contributed by atoms with van der Waals surface area (Å²) >= 11 is 0. The van der Waals surface area contributed by atoms with Crippen molar-refractivity contribution >= 4 is 43.1 Å². The van der Waals surface area contributed by atoms with Crippen molar-refractivity contribution in [2.75, 3.05) is 32.2 Å². The third-order valence-electron chi connectivity index (χ3n) is 12.2. The molecule has 2 aliphatic carbocycles. The molecule has 2 aromatic carbocycles. The van der Waals surface area contributed by atoms with Gasteiger partial charge in [-0.25, -0.2) is 16.8 Å². The topological polar surface area (TPSA) is 149 Å². The summed E-state index contributed by atoms with van der Waals surface area (Å²) in [7, 11) is -2.60. The molecule has 0 heterocycles. The van der Waals surface area contributed by atoms with Crippen LogP contribution in [0.4, 0.5) is 0 Å². The highest BCUT2D eigenvalue weighted by atomic mass is 32.2. The predicted molar refractivity (Wildman–Crippen MR) is 231 cm³/mol. The van der Waals surface area contributed by atoms with Crippen LogP contribution in [0.25, 0.3) is 0 Å². The fourth-order valence-corrected chi connectivity index (χ4v) is 11.6. The Morgan fingerprint density at radius 2 is 0.966 bits per heavy atom. The van der Waals surface area contributed by atoms with E-state index in [4.69, 9.17) is 4.74 Å². The summed E-state index contributed by atoms with van der Waals surface area (Å²) in [6, 6.07) is 15.3. The number of ether oxygens (including phenoxy) is 1. The summed E-state index contributed by atoms with van der Waals surface area (Å²) in [5.74, 6) is 1.09. The van der Waals surface area contributed by atoms with Gasteiger partial charge in [0.05, 0.1) is 41.5 Å². The Bertz CT molecular complexity index is 1870. The maximum atomic E-state index is 12.8. The van der Waals surface area contributed by atoms with Crippen LogP contribution in [0.2, 0.25) is 0 Å². The zero-order valence-electron chi connectivity index (χ0n) is 36.0. The largest absolute Gasteiger partial charge is 0.466 e. The third kappa shape index (κ3) is 16.0. The normalized spacial score (nSPS) is 20.8. The van der Waals surface area contributed by atoms with Crippen LogP contribution >= 0.6 is 0 Å². The van der Waals surface area contributed by atoms with E-state index in [1.54, 1.807) is 39.8 Å². The Balaban J connectivity index is 0.000000310. The molecule has 0 saturated heterocycles. The lowest BCUT2D eigenvalue weighted by molar-refractivity contribution is -0.142. The molecule has 2 atom stereocenters. The smallest absolute Gasteiger partial charge is 0.310 e. The monoisotopic (exact) mass is 843 g/mol. The van der Waals surface area contributed by atoms with Crippen molar-refractivity contribution in [2.45, 2.75) is 135 Å². The molecule has 2 unspecified atom stereocenters. The molecule has 0 spiro atoms. The third-order valence-corrected chi connectivity index (χ3v) is 17.2. The molecule has 2 fully saturated rings. The number of Topliss-reactive ketones (excluding diaryl/α,β-unsaturated/α-hetero) is 2. The van der Waals surface area contributed by atoms with Gasteiger partial charge in [-0.2, -0.15) is 0 Å². The van der Waals surface area contributed by atoms with Gasteiger partial charge in [-0.1, -0.05) is 62.4 Å². The van der Waals surface area contributed by atoms with Gasteiger partial charge < -0.3 is 9.64 Å². The lowest BCUT2D eigenvalue weighted by atomic mass is 9.79. The first-order valence-corrected chi connectivity index (χ1v) is 24.8. The summed E-state index contributed by atoms with van der Waals surface area (Å²) in [5, 5.41) is -0.572. The van der Waals surface area contributed by atoms with E-state index in [1.165, 1.54) is 0 Å². The number of benzene rings is 2. The van der Waals surface area contributed by atoms with Crippen molar-refractivity contribution in [3.63, 3.8) is 0 Å². The van der Waals surface area contributed by atoms with Crippen molar-refractivity contribution in [2.24, 2.45) is 23.7 Å². The number of likely N-dealkylation sites (N-methyl/N-ethyl adjacent to an activating group) is 1. The zero-order chi connectivity index (χ0) is 43.0. The molecular weight excluding hydrogens is 775 g/mol. The van der Waals surface area contributed by atoms with Crippen LogP contribution in [-0.2, 0) is 69.3 Å². The second kappa shape index (κ2) is 23.4. The van der Waals surface area contributed by atoms with Gasteiger partial charge in [0.2, 0.25) is 5.91 Å². The molecule has 4 rings (SSSR count). The molecule has 10 nitrogen and oxygen atoms in total. The van der Waals surface area contributed by atoms with Gasteiger partial charge in [0.1, 0.15) is 11.6 Å². The minimum Gasteiger partial charge on any atom is -0.466 e. The van der Waals surface area contributed by atoms with Crippen molar-refractivity contribution in [3.8, 4) is 0 Å². The number of ketones is 2. The Morgan fingerprint density at radius 3 is 1.31 bits per heavy atom. The molecule has 2 aromatic rings. The summed E-state index contributed by atoms with van der Waals surface area (Å²) in [4.78, 5) is 50.6. The second-order valence-corrected chi connectivity index (χ2v) is 21.8. The number of hydrogen-bond acceptors (Lipinski definition) is 9. The molecule has 0 aromatic heterocycles. The summed E-state index contributed by atoms with van der Waals surface area (Å²) in [6.07, 6.45) is 8.89. The second-order valence-electron chi connectivity index (χ2n) is 16.9. The van der Waals surface area contributed by atoms with E-state index in [0.717, 1.165) is 73.6 Å². The molecule has 0 radical (unpaired) electrons. The molecule has 2 saturated carbocycles. The fraction of sp³-hybridized carbons (Fsp3) is 0.652. The minimum atomic E-state index is -3.04. The number of nitrogens with zero attached hydrogens (tertiary/aromatic N) is 1. The Hall–Kier alpha value is -3.38. The van der Waals surface area contributed by atoms with Crippen molar-refractivity contribution in [1.29, 1.82) is 0 Å². The quantitative estimate of drug-likeness (QED) is 0.132. The Morgan fingerprint density at radius 1 is 0.603 bits per heavy atom. The van der Waals surface area contributed by atoms with Gasteiger partial charge in [0, 0.05) is 38.8 Å². The minimum absolute atomic E-state index is 0.00580. The number of hydrogen-bond donors (Lipinski definition) is 0. The average Bonchev–Trinajstić information content (AvgIpc) is 3.18. The summed E-state index contributed by atoms with van der Waals surface area (Å²) in [5.41, 5.74) is 3.64. The lowest BCUT2D eigenvalue weighted by Gasteiger charge is -2.28. The number of amides is 1. The van der Waals surface area contributed by atoms with Gasteiger partial charge in [0.25, 0.3) is 0 Å². The van der Waals surface area contributed by atoms with E-state index in [-0.39, 0.29) is 75.5 Å². The molecule has 0 N–H and O–H groups in total. The van der Waals surface area contributed by atoms with Crippen LogP contribution in [0.5, 0.6) is 0 Å². The van der Waals surface area contributed by atoms with E-state index >= 15 is 0 Å². The fourth-order valence-electron chi connectivity index (χ4n) is 7.90. The van der Waals surface area contributed by atoms with E-state index in [0.29, 0.717) is 38.7 Å². The maximum Gasteiger partial charge on any atom is 0.310 e. The summed E-state index contributed by atoms with van der Waals surface area (Å²) < 4.78 is 54.3. The maximum absolute atomic E-state index is 12.8. The predicted octanol–water partition coefficient (Wildman–Crippen LogP) is 7.37. The first-order valence-electron chi connectivity index (χ1n) is 21.4. The van der Waals surface area contributed by atoms with Crippen LogP contribution in [0.15, 0.2) is 48.5 Å². The number of esters is 1. The van der Waals surface area contributed by atoms with E-state index in [1.807, 2.05) is 62.4 Å². The van der Waals surface area contributed by atoms with Gasteiger partial charge >= 0.3 is 5.97 Å². The number of sulfone groups is 2. The number of rotatable bonds is 19. The molecule has 0 aliphatic heterocycles. The van der Waals surface area contributed by atoms with Gasteiger partial charge in [-0.3, -0.25) is 19.2 Å². The van der Waals surface area contributed by atoms with E-state index in [2.05, 4.69) is 0 Å². The average molecular weight is 844 g/mol. The standard InChI is InChI=1S/C23H35NO4S.C23H34O5S/c1-5-17(2)29(27,28)16-18-9-11-21(12-10-18)22(25)14-19-7-6-8-20(13-19)15-23(26)24(3)4;1-4-17(3)29(26,27)16-18-9-11-21(12-10-18)22(24)14-19-7-6-8-20(13-19)15-23(25)28-5-2/h6-8,13,17-18,21H,5,9-12,14-16H2,1-4H3;6-8,13,17-18,21H,4-5,9-12,14-16H2,1-3H3. The van der Waals surface area contributed by atoms with Crippen LogP contribution in [0, 0.1) is 23.7 Å². The zero-order valence-corrected chi connectivity index (χ0v) is 37.7. The first-order chi connectivity index (χ1) is 27.4. The molecule has 1 amide bonds. The SMILES string of the molecule is CCC(C)S(=O)(=O)CC1CCC(C(=O)Cc2cccc(CC(=O)N(C)C)c2)CC1.CCOC(=O)Cc1cccc(CC(=O)C2CCC(CS(=O)(=O)C(C)CC)CC2)c1. The van der Waals surface area contributed by atoms with Gasteiger partial charge in [-0.05, 0) is 119 Å². The molecule has 2 aliphatic rings. The number of carbonyl (C=O) groups excluding carboxylic acids is 4. The van der Waals surface area contributed by atoms with Crippen LogP contribution in [0.3, 0.4) is 0 Å². The van der Waals surface area contributed by atoms with Crippen molar-refractivity contribution in [3.05, 3.63) is 70.8 Å². The molecule has 58 heavy (non-hydrogen) atoms.